The third-order valence-electron chi connectivity index (χ3n) is 2.72. The first kappa shape index (κ1) is 12.9. The minimum Gasteiger partial charge on any atom is -0.496 e. The summed E-state index contributed by atoms with van der Waals surface area (Å²) in [4.78, 5) is 4.12. The molecule has 94 valence electrons. The molecule has 0 saturated carbocycles. The Labute approximate surface area is 115 Å². The summed E-state index contributed by atoms with van der Waals surface area (Å²) in [6.07, 6.45) is 3.65. The maximum Gasteiger partial charge on any atom is 0.133 e. The number of pyridine rings is 1. The Hall–Kier alpha value is -1.55. The first-order valence-electron chi connectivity index (χ1n) is 5.70. The van der Waals surface area contributed by atoms with Crippen LogP contribution in [-0.2, 0) is 0 Å². The minimum atomic E-state index is 0.207. The van der Waals surface area contributed by atoms with E-state index in [4.69, 9.17) is 4.74 Å². The number of ether oxygens (including phenoxy) is 1. The van der Waals surface area contributed by atoms with E-state index in [9.17, 15) is 0 Å². The number of methoxy groups -OCH3 is 1. The summed E-state index contributed by atoms with van der Waals surface area (Å²) >= 11 is 3.48. The van der Waals surface area contributed by atoms with Crippen LogP contribution in [0.3, 0.4) is 0 Å². The third kappa shape index (κ3) is 3.01. The maximum atomic E-state index is 5.20. The molecule has 0 aliphatic heterocycles. The molecule has 4 heteroatoms. The molecule has 0 fully saturated rings. The van der Waals surface area contributed by atoms with Crippen LogP contribution in [-0.4, -0.2) is 12.1 Å². The number of nitrogens with one attached hydrogen (secondary N) is 1. The monoisotopic (exact) mass is 306 g/mol. The maximum absolute atomic E-state index is 5.20. The normalized spacial score (nSPS) is 11.9. The number of benzene rings is 1. The third-order valence-corrected chi connectivity index (χ3v) is 3.34. The molecule has 1 aromatic carbocycles. The summed E-state index contributed by atoms with van der Waals surface area (Å²) in [5.74, 6) is 0.828. The van der Waals surface area contributed by atoms with Gasteiger partial charge in [0.15, 0.2) is 0 Å². The Morgan fingerprint density at radius 2 is 2.17 bits per heavy atom. The van der Waals surface area contributed by atoms with Gasteiger partial charge in [-0.15, -0.1) is 0 Å². The molecule has 1 unspecified atom stereocenters. The highest BCUT2D eigenvalue weighted by atomic mass is 79.9. The molecular weight excluding hydrogens is 292 g/mol. The Kier molecular flexibility index (Phi) is 4.20. The van der Waals surface area contributed by atoms with Gasteiger partial charge in [0.05, 0.1) is 17.6 Å². The SMILES string of the molecule is COc1ccc(NC(C)c2cccnc2)cc1Br. The van der Waals surface area contributed by atoms with Crippen LogP contribution < -0.4 is 10.1 Å². The second kappa shape index (κ2) is 5.87. The summed E-state index contributed by atoms with van der Waals surface area (Å²) in [5.41, 5.74) is 2.20. The van der Waals surface area contributed by atoms with Crippen molar-refractivity contribution in [3.63, 3.8) is 0 Å². The first-order valence-corrected chi connectivity index (χ1v) is 6.50. The van der Waals surface area contributed by atoms with Gasteiger partial charge < -0.3 is 10.1 Å². The van der Waals surface area contributed by atoms with Gasteiger partial charge in [-0.2, -0.15) is 0 Å². The molecular formula is C14H15BrN2O. The van der Waals surface area contributed by atoms with E-state index in [-0.39, 0.29) is 6.04 Å². The Bertz CT molecular complexity index is 516. The number of aromatic nitrogens is 1. The highest BCUT2D eigenvalue weighted by Crippen LogP contribution is 2.29. The summed E-state index contributed by atoms with van der Waals surface area (Å²) in [6, 6.07) is 10.1. The van der Waals surface area contributed by atoms with E-state index >= 15 is 0 Å². The minimum absolute atomic E-state index is 0.207. The lowest BCUT2D eigenvalue weighted by Gasteiger charge is -2.16. The predicted molar refractivity (Wildman–Crippen MR) is 77.0 cm³/mol. The van der Waals surface area contributed by atoms with Crippen molar-refractivity contribution < 1.29 is 4.74 Å². The fourth-order valence-electron chi connectivity index (χ4n) is 1.72. The molecule has 0 spiro atoms. The lowest BCUT2D eigenvalue weighted by atomic mass is 10.1. The molecule has 2 rings (SSSR count). The molecule has 0 radical (unpaired) electrons. The Morgan fingerprint density at radius 3 is 2.78 bits per heavy atom. The van der Waals surface area contributed by atoms with E-state index in [1.54, 1.807) is 13.3 Å². The van der Waals surface area contributed by atoms with Crippen molar-refractivity contribution in [3.8, 4) is 5.75 Å². The van der Waals surface area contributed by atoms with Gasteiger partial charge in [0.1, 0.15) is 5.75 Å². The lowest BCUT2D eigenvalue weighted by Crippen LogP contribution is -2.06. The number of hydrogen-bond acceptors (Lipinski definition) is 3. The summed E-state index contributed by atoms with van der Waals surface area (Å²) < 4.78 is 6.14. The standard InChI is InChI=1S/C14H15BrN2O/c1-10(11-4-3-7-16-9-11)17-12-5-6-14(18-2)13(15)8-12/h3-10,17H,1-2H3. The van der Waals surface area contributed by atoms with E-state index in [0.29, 0.717) is 0 Å². The van der Waals surface area contributed by atoms with Crippen LogP contribution in [0.25, 0.3) is 0 Å². The average Bonchev–Trinajstić information content (AvgIpc) is 2.40. The van der Waals surface area contributed by atoms with Crippen molar-refractivity contribution in [2.75, 3.05) is 12.4 Å². The van der Waals surface area contributed by atoms with Crippen LogP contribution in [0.2, 0.25) is 0 Å². The van der Waals surface area contributed by atoms with E-state index in [2.05, 4.69) is 39.2 Å². The van der Waals surface area contributed by atoms with E-state index in [0.717, 1.165) is 21.5 Å². The molecule has 1 heterocycles. The van der Waals surface area contributed by atoms with Gasteiger partial charge in [0, 0.05) is 18.1 Å². The topological polar surface area (TPSA) is 34.1 Å². The molecule has 0 saturated heterocycles. The van der Waals surface area contributed by atoms with Gasteiger partial charge in [-0.25, -0.2) is 0 Å². The second-order valence-corrected chi connectivity index (χ2v) is 4.86. The number of halogens is 1. The molecule has 1 atom stereocenters. The van der Waals surface area contributed by atoms with Crippen molar-refractivity contribution in [1.29, 1.82) is 0 Å². The van der Waals surface area contributed by atoms with Crippen LogP contribution in [0.15, 0.2) is 47.2 Å². The van der Waals surface area contributed by atoms with Crippen molar-refractivity contribution in [1.82, 2.24) is 4.98 Å². The van der Waals surface area contributed by atoms with Gasteiger partial charge in [-0.1, -0.05) is 6.07 Å². The summed E-state index contributed by atoms with van der Waals surface area (Å²) in [6.45, 7) is 2.11. The highest BCUT2D eigenvalue weighted by Gasteiger charge is 2.06. The molecule has 18 heavy (non-hydrogen) atoms. The van der Waals surface area contributed by atoms with Crippen molar-refractivity contribution in [3.05, 3.63) is 52.8 Å². The van der Waals surface area contributed by atoms with Crippen LogP contribution in [0.5, 0.6) is 5.75 Å². The largest absolute Gasteiger partial charge is 0.496 e. The zero-order chi connectivity index (χ0) is 13.0. The fourth-order valence-corrected chi connectivity index (χ4v) is 2.26. The fraction of sp³-hybridized carbons (Fsp3) is 0.214. The van der Waals surface area contributed by atoms with Crippen molar-refractivity contribution in [2.45, 2.75) is 13.0 Å². The molecule has 0 aliphatic carbocycles. The summed E-state index contributed by atoms with van der Waals surface area (Å²) in [7, 11) is 1.66. The Morgan fingerprint density at radius 1 is 1.33 bits per heavy atom. The highest BCUT2D eigenvalue weighted by molar-refractivity contribution is 9.10. The van der Waals surface area contributed by atoms with Gasteiger partial charge in [-0.3, -0.25) is 4.98 Å². The Balaban J connectivity index is 2.12. The quantitative estimate of drug-likeness (QED) is 0.926. The number of nitrogens with zero attached hydrogens (tertiary/aromatic N) is 1. The van der Waals surface area contributed by atoms with Gasteiger partial charge in [-0.05, 0) is 52.7 Å². The molecule has 3 nitrogen and oxygen atoms in total. The van der Waals surface area contributed by atoms with E-state index < -0.39 is 0 Å². The molecule has 1 N–H and O–H groups in total. The number of hydrogen-bond donors (Lipinski definition) is 1. The van der Waals surface area contributed by atoms with Gasteiger partial charge >= 0.3 is 0 Å². The summed E-state index contributed by atoms with van der Waals surface area (Å²) in [5, 5.41) is 3.42. The molecule has 0 amide bonds. The molecule has 2 aromatic rings. The molecule has 1 aromatic heterocycles. The van der Waals surface area contributed by atoms with E-state index in [1.807, 2.05) is 30.5 Å². The average molecular weight is 307 g/mol. The van der Waals surface area contributed by atoms with Crippen molar-refractivity contribution >= 4 is 21.6 Å². The predicted octanol–water partition coefficient (Wildman–Crippen LogP) is 4.03. The van der Waals surface area contributed by atoms with Crippen LogP contribution >= 0.6 is 15.9 Å². The van der Waals surface area contributed by atoms with Crippen LogP contribution in [0, 0.1) is 0 Å². The number of anilines is 1. The molecule has 0 aliphatic rings. The van der Waals surface area contributed by atoms with Crippen LogP contribution in [0.1, 0.15) is 18.5 Å². The zero-order valence-corrected chi connectivity index (χ0v) is 11.9. The van der Waals surface area contributed by atoms with E-state index in [1.165, 1.54) is 0 Å². The number of rotatable bonds is 4. The lowest BCUT2D eigenvalue weighted by molar-refractivity contribution is 0.412. The first-order chi connectivity index (χ1) is 8.70. The zero-order valence-electron chi connectivity index (χ0n) is 10.4. The molecule has 0 bridgehead atoms. The van der Waals surface area contributed by atoms with Crippen molar-refractivity contribution in [2.24, 2.45) is 0 Å². The van der Waals surface area contributed by atoms with Crippen LogP contribution in [0.4, 0.5) is 5.69 Å². The second-order valence-electron chi connectivity index (χ2n) is 4.00. The smallest absolute Gasteiger partial charge is 0.133 e. The van der Waals surface area contributed by atoms with Gasteiger partial charge in [0.25, 0.3) is 0 Å². The van der Waals surface area contributed by atoms with Gasteiger partial charge in [0.2, 0.25) is 0 Å².